The second-order valence-corrected chi connectivity index (χ2v) is 28.3. The summed E-state index contributed by atoms with van der Waals surface area (Å²) in [7, 11) is 5.98. The zero-order valence-electron chi connectivity index (χ0n) is 66.7. The lowest BCUT2D eigenvalue weighted by atomic mass is 10.0. The van der Waals surface area contributed by atoms with Crippen LogP contribution in [-0.4, -0.2) is 87.4 Å². The van der Waals surface area contributed by atoms with E-state index in [1.165, 1.54) is 141 Å². The molecule has 2 unspecified atom stereocenters. The van der Waals surface area contributed by atoms with Crippen molar-refractivity contribution in [1.82, 2.24) is 0 Å². The van der Waals surface area contributed by atoms with Crippen molar-refractivity contribution >= 4 is 17.9 Å². The molecule has 9 heteroatoms. The van der Waals surface area contributed by atoms with Gasteiger partial charge >= 0.3 is 17.9 Å². The molecular weight excluding hydrogens is 1270 g/mol. The summed E-state index contributed by atoms with van der Waals surface area (Å²) in [6.07, 6.45) is 123. The average molecular weight is 1430 g/mol. The predicted molar refractivity (Wildman–Crippen MR) is 446 cm³/mol. The molecule has 0 bridgehead atoms. The molecule has 0 saturated heterocycles. The number of rotatable bonds is 75. The molecule has 1 N–H and O–H groups in total. The average Bonchev–Trinajstić information content (AvgIpc) is 0.985. The second kappa shape index (κ2) is 81.8. The summed E-state index contributed by atoms with van der Waals surface area (Å²) < 4.78 is 23.1. The lowest BCUT2D eigenvalue weighted by molar-refractivity contribution is -0.870. The summed E-state index contributed by atoms with van der Waals surface area (Å²) >= 11 is 0. The van der Waals surface area contributed by atoms with Crippen molar-refractivity contribution in [2.24, 2.45) is 0 Å². The molecule has 582 valence electrons. The van der Waals surface area contributed by atoms with Gasteiger partial charge in [-0.1, -0.05) is 362 Å². The minimum Gasteiger partial charge on any atom is -0.477 e. The molecule has 0 amide bonds. The van der Waals surface area contributed by atoms with E-state index in [1.807, 2.05) is 21.1 Å². The highest BCUT2D eigenvalue weighted by Crippen LogP contribution is 2.18. The van der Waals surface area contributed by atoms with Crippen LogP contribution in [0, 0.1) is 0 Å². The number of quaternary nitrogens is 1. The maximum absolute atomic E-state index is 13.0. The third-order valence-corrected chi connectivity index (χ3v) is 17.3. The van der Waals surface area contributed by atoms with Crippen LogP contribution in [0.4, 0.5) is 0 Å². The van der Waals surface area contributed by atoms with Crippen LogP contribution in [0.3, 0.4) is 0 Å². The lowest BCUT2D eigenvalue weighted by Crippen LogP contribution is -2.40. The van der Waals surface area contributed by atoms with Gasteiger partial charge in [0.05, 0.1) is 34.4 Å². The first-order valence-electron chi connectivity index (χ1n) is 41.6. The van der Waals surface area contributed by atoms with Crippen LogP contribution in [0.25, 0.3) is 0 Å². The highest BCUT2D eigenvalue weighted by atomic mass is 16.7. The maximum Gasteiger partial charge on any atom is 0.361 e. The summed E-state index contributed by atoms with van der Waals surface area (Å²) in [4.78, 5) is 37.8. The molecular formula is C94H154NO8+. The SMILES string of the molecule is CC/C=C\C/C=C\C/C=C\C/C=C\C/C=C\C/C=C\C/C=C\C/C=C\C/C=C\CCCCCCCCCCCCCC(=O)OC(COC(=O)CCCCCCCCCCCCCCCCCCC/C=C\C/C=C\C/C=C\C/C=C\C/C=C\C/C=C\C/C=C\CC)COC(OCC[N+](C)(C)C)C(=O)O. The molecule has 0 aliphatic rings. The number of nitrogens with zero attached hydrogens (tertiary/aromatic N) is 1. The number of hydrogen-bond acceptors (Lipinski definition) is 7. The fourth-order valence-electron chi connectivity index (χ4n) is 11.1. The first-order chi connectivity index (χ1) is 50.6. The monoisotopic (exact) mass is 1430 g/mol. The number of carboxylic acid groups (broad SMARTS) is 1. The van der Waals surface area contributed by atoms with Gasteiger partial charge in [-0.05, 0) is 141 Å². The predicted octanol–water partition coefficient (Wildman–Crippen LogP) is 27.3. The molecule has 0 aliphatic heterocycles. The van der Waals surface area contributed by atoms with E-state index in [-0.39, 0.29) is 32.2 Å². The number of hydrogen-bond donors (Lipinski definition) is 1. The number of carboxylic acids is 1. The van der Waals surface area contributed by atoms with Crippen molar-refractivity contribution in [2.75, 3.05) is 47.5 Å². The summed E-state index contributed by atoms with van der Waals surface area (Å²) in [5, 5.41) is 9.79. The van der Waals surface area contributed by atoms with Gasteiger partial charge < -0.3 is 28.5 Å². The lowest BCUT2D eigenvalue weighted by Gasteiger charge is -2.25. The van der Waals surface area contributed by atoms with E-state index in [0.29, 0.717) is 23.9 Å². The van der Waals surface area contributed by atoms with Gasteiger partial charge in [0.1, 0.15) is 13.2 Å². The van der Waals surface area contributed by atoms with E-state index >= 15 is 0 Å². The zero-order valence-corrected chi connectivity index (χ0v) is 66.7. The summed E-state index contributed by atoms with van der Waals surface area (Å²) in [5.74, 6) is -2.01. The molecule has 103 heavy (non-hydrogen) atoms. The second-order valence-electron chi connectivity index (χ2n) is 28.3. The van der Waals surface area contributed by atoms with E-state index in [1.54, 1.807) is 0 Å². The molecule has 0 aromatic heterocycles. The van der Waals surface area contributed by atoms with E-state index < -0.39 is 24.3 Å². The van der Waals surface area contributed by atoms with Gasteiger partial charge in [-0.2, -0.15) is 0 Å². The van der Waals surface area contributed by atoms with Crippen LogP contribution in [-0.2, 0) is 33.3 Å². The minimum absolute atomic E-state index is 0.180. The number of ether oxygens (including phenoxy) is 4. The Kier molecular flexibility index (Phi) is 77.1. The summed E-state index contributed by atoms with van der Waals surface area (Å²) in [6.45, 7) is 4.65. The van der Waals surface area contributed by atoms with E-state index in [0.717, 1.165) is 148 Å². The maximum atomic E-state index is 13.0. The first kappa shape index (κ1) is 97.1. The van der Waals surface area contributed by atoms with Gasteiger partial charge in [0.2, 0.25) is 0 Å². The van der Waals surface area contributed by atoms with Crippen molar-refractivity contribution in [2.45, 2.75) is 334 Å². The molecule has 0 heterocycles. The minimum atomic E-state index is -1.52. The molecule has 0 saturated carbocycles. The number of likely N-dealkylation sites (N-methyl/N-ethyl adjacent to an activating group) is 1. The van der Waals surface area contributed by atoms with Crippen molar-refractivity contribution in [3.05, 3.63) is 194 Å². The quantitative estimate of drug-likeness (QED) is 0.0211. The molecule has 0 fully saturated rings. The Balaban J connectivity index is 4.07. The molecule has 0 spiro atoms. The Hall–Kier alpha value is -5.87. The normalized spacial score (nSPS) is 13.7. The van der Waals surface area contributed by atoms with E-state index in [4.69, 9.17) is 18.9 Å². The van der Waals surface area contributed by atoms with Gasteiger partial charge in [-0.3, -0.25) is 9.59 Å². The third kappa shape index (κ3) is 83.3. The van der Waals surface area contributed by atoms with Crippen LogP contribution in [0.1, 0.15) is 322 Å². The molecule has 0 radical (unpaired) electrons. The first-order valence-corrected chi connectivity index (χ1v) is 41.6. The fraction of sp³-hybridized carbons (Fsp3) is 0.628. The van der Waals surface area contributed by atoms with Crippen LogP contribution in [0.2, 0.25) is 0 Å². The topological polar surface area (TPSA) is 108 Å². The molecule has 0 aliphatic carbocycles. The Morgan fingerprint density at radius 2 is 0.524 bits per heavy atom. The van der Waals surface area contributed by atoms with Crippen LogP contribution >= 0.6 is 0 Å². The Morgan fingerprint density at radius 1 is 0.291 bits per heavy atom. The largest absolute Gasteiger partial charge is 0.477 e. The number of esters is 2. The highest BCUT2D eigenvalue weighted by Gasteiger charge is 2.25. The van der Waals surface area contributed by atoms with Gasteiger partial charge in [0, 0.05) is 12.8 Å². The van der Waals surface area contributed by atoms with Crippen molar-refractivity contribution in [1.29, 1.82) is 0 Å². The van der Waals surface area contributed by atoms with Crippen molar-refractivity contribution < 1.29 is 42.9 Å². The van der Waals surface area contributed by atoms with Gasteiger partial charge in [-0.15, -0.1) is 0 Å². The van der Waals surface area contributed by atoms with Gasteiger partial charge in [-0.25, -0.2) is 4.79 Å². The van der Waals surface area contributed by atoms with Crippen molar-refractivity contribution in [3.63, 3.8) is 0 Å². The van der Waals surface area contributed by atoms with Crippen molar-refractivity contribution in [3.8, 4) is 0 Å². The molecule has 9 nitrogen and oxygen atoms in total. The Bertz CT molecular complexity index is 2410. The van der Waals surface area contributed by atoms with Crippen LogP contribution < -0.4 is 0 Å². The summed E-state index contributed by atoms with van der Waals surface area (Å²) in [5.41, 5.74) is 0. The molecule has 0 rings (SSSR count). The van der Waals surface area contributed by atoms with Gasteiger partial charge in [0.15, 0.2) is 6.10 Å². The number of allylic oxidation sites excluding steroid dienone is 32. The fourth-order valence-corrected chi connectivity index (χ4v) is 11.1. The Labute approximate surface area is 633 Å². The smallest absolute Gasteiger partial charge is 0.361 e. The van der Waals surface area contributed by atoms with Crippen LogP contribution in [0.5, 0.6) is 0 Å². The number of aliphatic carboxylic acids is 1. The molecule has 0 aromatic carbocycles. The van der Waals surface area contributed by atoms with Gasteiger partial charge in [0.25, 0.3) is 6.29 Å². The molecule has 2 atom stereocenters. The highest BCUT2D eigenvalue weighted by molar-refractivity contribution is 5.71. The number of carbonyl (C=O) groups excluding carboxylic acids is 2. The van der Waals surface area contributed by atoms with E-state index in [9.17, 15) is 19.5 Å². The van der Waals surface area contributed by atoms with E-state index in [2.05, 4.69) is 208 Å². The summed E-state index contributed by atoms with van der Waals surface area (Å²) in [6, 6.07) is 0. The number of unbranched alkanes of at least 4 members (excludes halogenated alkanes) is 28. The molecule has 0 aromatic rings. The van der Waals surface area contributed by atoms with Crippen LogP contribution in [0.15, 0.2) is 194 Å². The standard InChI is InChI=1S/C94H153NO8/c1-6-8-10-12-14-16-18-20-22-24-26-28-30-32-34-36-38-40-42-44-46-48-50-52-54-56-58-60-62-64-66-68-70-72-74-76-78-80-82-84-91(96)101-88-90(89-102-94(93(98)99)100-87-86-95(3,4)5)103-92(97)85-83-81-79-77-75-73-71-69-67-65-63-61-59-57-55-53-51-49-47-45-43-41-39-37-35-33-31-29-27-25-23-21-19-17-15-13-11-9-7-2/h8-11,14-17,20-23,26-29,32-35,38-41,44-47,51,53,57,59,90,94H,6-7,12-13,18-19,24-25,30-31,36-37,42-43,48-50,52,54-56,58,60-89H2,1-5H3/p+1/b10-8-,11-9-,16-14-,17-15-,22-20-,23-21-,28-26-,29-27-,34-32-,35-33-,40-38-,41-39-,46-44-,47-45-,53-51-,59-57-. The number of carbonyl (C=O) groups is 3. The third-order valence-electron chi connectivity index (χ3n) is 17.3. The Morgan fingerprint density at radius 3 is 0.777 bits per heavy atom. The zero-order chi connectivity index (χ0) is 74.6.